The lowest BCUT2D eigenvalue weighted by Gasteiger charge is -2.14. The minimum absolute atomic E-state index is 0.0123. The summed E-state index contributed by atoms with van der Waals surface area (Å²) in [6.45, 7) is 8.66. The van der Waals surface area contributed by atoms with E-state index in [4.69, 9.17) is 0 Å². The largest absolute Gasteiger partial charge is 0.382 e. The monoisotopic (exact) mass is 291 g/mol. The van der Waals surface area contributed by atoms with Crippen molar-refractivity contribution in [2.75, 3.05) is 18.4 Å². The Balaban J connectivity index is 2.58. The summed E-state index contributed by atoms with van der Waals surface area (Å²) >= 11 is 0. The van der Waals surface area contributed by atoms with Crippen molar-refractivity contribution < 1.29 is 9.59 Å². The first-order valence-corrected chi connectivity index (χ1v) is 7.30. The predicted octanol–water partition coefficient (Wildman–Crippen LogP) is 2.01. The third-order valence-corrected chi connectivity index (χ3v) is 2.73. The maximum atomic E-state index is 12.2. The molecule has 0 aromatic heterocycles. The maximum absolute atomic E-state index is 12.2. The quantitative estimate of drug-likeness (QED) is 0.719. The molecule has 0 fully saturated rings. The highest BCUT2D eigenvalue weighted by molar-refractivity contribution is 6.01. The fourth-order valence-electron chi connectivity index (χ4n) is 1.75. The van der Waals surface area contributed by atoms with Gasteiger partial charge >= 0.3 is 0 Å². The molecule has 0 saturated heterocycles. The number of nitrogens with one attached hydrogen (secondary N) is 3. The summed E-state index contributed by atoms with van der Waals surface area (Å²) in [4.78, 5) is 23.8. The summed E-state index contributed by atoms with van der Waals surface area (Å²) in [5, 5.41) is 8.63. The number of para-hydroxylation sites is 1. The zero-order valence-corrected chi connectivity index (χ0v) is 13.2. The molecule has 21 heavy (non-hydrogen) atoms. The summed E-state index contributed by atoms with van der Waals surface area (Å²) in [6, 6.07) is 7.50. The van der Waals surface area contributed by atoms with E-state index < -0.39 is 0 Å². The van der Waals surface area contributed by atoms with Gasteiger partial charge < -0.3 is 16.0 Å². The van der Waals surface area contributed by atoms with Crippen molar-refractivity contribution in [1.29, 1.82) is 0 Å². The van der Waals surface area contributed by atoms with Crippen LogP contribution in [-0.4, -0.2) is 30.9 Å². The average molecular weight is 291 g/mol. The predicted molar refractivity (Wildman–Crippen MR) is 85.4 cm³/mol. The van der Waals surface area contributed by atoms with Crippen molar-refractivity contribution in [3.05, 3.63) is 29.8 Å². The first kappa shape index (κ1) is 17.0. The Labute approximate surface area is 126 Å². The van der Waals surface area contributed by atoms with Crippen LogP contribution < -0.4 is 16.0 Å². The van der Waals surface area contributed by atoms with E-state index >= 15 is 0 Å². The highest BCUT2D eigenvalue weighted by atomic mass is 16.2. The highest BCUT2D eigenvalue weighted by Crippen LogP contribution is 2.15. The van der Waals surface area contributed by atoms with Gasteiger partial charge in [-0.15, -0.1) is 0 Å². The summed E-state index contributed by atoms with van der Waals surface area (Å²) in [5.41, 5.74) is 1.32. The fourth-order valence-corrected chi connectivity index (χ4v) is 1.75. The van der Waals surface area contributed by atoms with Crippen LogP contribution >= 0.6 is 0 Å². The van der Waals surface area contributed by atoms with Crippen LogP contribution in [0.5, 0.6) is 0 Å². The first-order chi connectivity index (χ1) is 9.90. The van der Waals surface area contributed by atoms with Crippen molar-refractivity contribution in [3.63, 3.8) is 0 Å². The van der Waals surface area contributed by atoms with Gasteiger partial charge in [-0.1, -0.05) is 26.0 Å². The first-order valence-electron chi connectivity index (χ1n) is 7.30. The number of amides is 2. The second-order valence-electron chi connectivity index (χ2n) is 5.73. The summed E-state index contributed by atoms with van der Waals surface area (Å²) in [7, 11) is 0. The van der Waals surface area contributed by atoms with Crippen molar-refractivity contribution in [2.24, 2.45) is 5.92 Å². The van der Waals surface area contributed by atoms with Gasteiger partial charge in [-0.05, 0) is 31.9 Å². The van der Waals surface area contributed by atoms with E-state index in [-0.39, 0.29) is 24.4 Å². The molecule has 1 rings (SSSR count). The number of benzene rings is 1. The molecule has 3 N–H and O–H groups in total. The van der Waals surface area contributed by atoms with Crippen molar-refractivity contribution in [3.8, 4) is 0 Å². The second kappa shape index (κ2) is 8.29. The van der Waals surface area contributed by atoms with Gasteiger partial charge in [0.05, 0.1) is 12.1 Å². The lowest BCUT2D eigenvalue weighted by molar-refractivity contribution is -0.120. The number of anilines is 1. The molecular weight excluding hydrogens is 266 g/mol. The molecule has 5 nitrogen and oxygen atoms in total. The fraction of sp³-hybridized carbons (Fsp3) is 0.500. The zero-order valence-electron chi connectivity index (χ0n) is 13.2. The third-order valence-electron chi connectivity index (χ3n) is 2.73. The standard InChI is InChI=1S/C16H25N3O2/c1-11(2)9-17-15(20)10-18-16(21)13-7-5-6-8-14(13)19-12(3)4/h5-8,11-12,19H,9-10H2,1-4H3,(H,17,20)(H,18,21). The molecular formula is C16H25N3O2. The summed E-state index contributed by atoms with van der Waals surface area (Å²) in [6.07, 6.45) is 0. The molecule has 116 valence electrons. The zero-order chi connectivity index (χ0) is 15.8. The van der Waals surface area contributed by atoms with Crippen LogP contribution in [0.3, 0.4) is 0 Å². The molecule has 1 aromatic rings. The molecule has 0 atom stereocenters. The number of carbonyl (C=O) groups excluding carboxylic acids is 2. The maximum Gasteiger partial charge on any atom is 0.253 e. The molecule has 0 aliphatic rings. The molecule has 5 heteroatoms. The van der Waals surface area contributed by atoms with Crippen LogP contribution in [0.4, 0.5) is 5.69 Å². The number of rotatable bonds is 7. The molecule has 0 bridgehead atoms. The molecule has 0 aliphatic carbocycles. The van der Waals surface area contributed by atoms with Gasteiger partial charge in [0, 0.05) is 18.3 Å². The summed E-state index contributed by atoms with van der Waals surface area (Å²) in [5.74, 6) is -0.0367. The number of hydrogen-bond donors (Lipinski definition) is 3. The Morgan fingerprint density at radius 1 is 1.05 bits per heavy atom. The van der Waals surface area contributed by atoms with E-state index in [2.05, 4.69) is 16.0 Å². The van der Waals surface area contributed by atoms with Gasteiger partial charge in [-0.2, -0.15) is 0 Å². The molecule has 0 spiro atoms. The van der Waals surface area contributed by atoms with Crippen LogP contribution in [0, 0.1) is 5.92 Å². The number of carbonyl (C=O) groups is 2. The molecule has 2 amide bonds. The SMILES string of the molecule is CC(C)CNC(=O)CNC(=O)c1ccccc1NC(C)C. The molecule has 0 unspecified atom stereocenters. The minimum Gasteiger partial charge on any atom is -0.382 e. The highest BCUT2D eigenvalue weighted by Gasteiger charge is 2.12. The minimum atomic E-state index is -0.251. The molecule has 0 heterocycles. The van der Waals surface area contributed by atoms with E-state index in [1.807, 2.05) is 39.8 Å². The van der Waals surface area contributed by atoms with E-state index in [1.54, 1.807) is 12.1 Å². The van der Waals surface area contributed by atoms with Gasteiger partial charge in [0.1, 0.15) is 0 Å². The lowest BCUT2D eigenvalue weighted by Crippen LogP contribution is -2.38. The normalized spacial score (nSPS) is 10.6. The van der Waals surface area contributed by atoms with Crippen molar-refractivity contribution in [2.45, 2.75) is 33.7 Å². The van der Waals surface area contributed by atoms with Crippen LogP contribution in [-0.2, 0) is 4.79 Å². The second-order valence-corrected chi connectivity index (χ2v) is 5.73. The van der Waals surface area contributed by atoms with Crippen molar-refractivity contribution in [1.82, 2.24) is 10.6 Å². The Morgan fingerprint density at radius 3 is 2.33 bits per heavy atom. The van der Waals surface area contributed by atoms with E-state index in [9.17, 15) is 9.59 Å². The van der Waals surface area contributed by atoms with E-state index in [0.717, 1.165) is 5.69 Å². The molecule has 0 aliphatic heterocycles. The van der Waals surface area contributed by atoms with Crippen LogP contribution in [0.2, 0.25) is 0 Å². The molecule has 1 aromatic carbocycles. The van der Waals surface area contributed by atoms with Gasteiger partial charge in [0.15, 0.2) is 0 Å². The van der Waals surface area contributed by atoms with Crippen LogP contribution in [0.1, 0.15) is 38.1 Å². The Bertz CT molecular complexity index is 484. The lowest BCUT2D eigenvalue weighted by atomic mass is 10.1. The van der Waals surface area contributed by atoms with E-state index in [1.165, 1.54) is 0 Å². The Hall–Kier alpha value is -2.04. The number of hydrogen-bond acceptors (Lipinski definition) is 3. The molecule has 0 radical (unpaired) electrons. The van der Waals surface area contributed by atoms with E-state index in [0.29, 0.717) is 18.0 Å². The van der Waals surface area contributed by atoms with Crippen LogP contribution in [0.15, 0.2) is 24.3 Å². The smallest absolute Gasteiger partial charge is 0.253 e. The van der Waals surface area contributed by atoms with Gasteiger partial charge in [0.2, 0.25) is 5.91 Å². The van der Waals surface area contributed by atoms with Crippen LogP contribution in [0.25, 0.3) is 0 Å². The molecule has 0 saturated carbocycles. The van der Waals surface area contributed by atoms with Gasteiger partial charge in [-0.3, -0.25) is 9.59 Å². The van der Waals surface area contributed by atoms with Crippen molar-refractivity contribution >= 4 is 17.5 Å². The Kier molecular flexibility index (Phi) is 6.72. The Morgan fingerprint density at radius 2 is 1.71 bits per heavy atom. The van der Waals surface area contributed by atoms with Gasteiger partial charge in [0.25, 0.3) is 5.91 Å². The average Bonchev–Trinajstić information content (AvgIpc) is 2.42. The summed E-state index contributed by atoms with van der Waals surface area (Å²) < 4.78 is 0. The topological polar surface area (TPSA) is 70.2 Å². The van der Waals surface area contributed by atoms with Gasteiger partial charge in [-0.25, -0.2) is 0 Å². The third kappa shape index (κ3) is 6.29.